The molecule has 0 saturated carbocycles. The van der Waals surface area contributed by atoms with Crippen LogP contribution < -0.4 is 10.6 Å². The number of alkyl halides is 3. The monoisotopic (exact) mass is 574 g/mol. The number of thiophene rings is 1. The number of hydrogen-bond donors (Lipinski definition) is 2. The number of carbonyl (C=O) groups is 1. The third kappa shape index (κ3) is 6.57. The molecule has 3 rings (SSSR count). The third-order valence-corrected chi connectivity index (χ3v) is 7.12. The van der Waals surface area contributed by atoms with Gasteiger partial charge in [-0.3, -0.25) is 4.68 Å². The number of methoxy groups -OCH3 is 1. The summed E-state index contributed by atoms with van der Waals surface area (Å²) in [7, 11) is 1.32. The van der Waals surface area contributed by atoms with E-state index in [1.54, 1.807) is 13.0 Å². The second kappa shape index (κ2) is 11.3. The number of nitrogens with zero attached hydrogens (tertiary/aromatic N) is 2. The number of halogens is 4. The molecule has 0 saturated heterocycles. The van der Waals surface area contributed by atoms with Gasteiger partial charge in [0.05, 0.1) is 22.8 Å². The fraction of sp³-hybridized carbons (Fsp3) is 0.318. The minimum atomic E-state index is -4.52. The van der Waals surface area contributed by atoms with Crippen LogP contribution in [0.2, 0.25) is 0 Å². The molecule has 34 heavy (non-hydrogen) atoms. The van der Waals surface area contributed by atoms with Crippen LogP contribution in [0.25, 0.3) is 0 Å². The van der Waals surface area contributed by atoms with Crippen LogP contribution in [0.15, 0.2) is 40.9 Å². The predicted octanol–water partition coefficient (Wildman–Crippen LogP) is 5.79. The van der Waals surface area contributed by atoms with E-state index in [9.17, 15) is 18.0 Å². The molecule has 0 atom stereocenters. The van der Waals surface area contributed by atoms with Crippen molar-refractivity contribution < 1.29 is 22.7 Å². The van der Waals surface area contributed by atoms with Crippen LogP contribution in [0, 0.1) is 6.92 Å². The molecule has 0 fully saturated rings. The number of aromatic nitrogens is 2. The molecule has 0 amide bonds. The minimum Gasteiger partial charge on any atom is -0.465 e. The second-order valence-electron chi connectivity index (χ2n) is 7.31. The van der Waals surface area contributed by atoms with Crippen molar-refractivity contribution in [1.29, 1.82) is 0 Å². The smallest absolute Gasteiger partial charge is 0.436 e. The molecule has 3 aromatic rings. The first-order valence-electron chi connectivity index (χ1n) is 10.2. The Morgan fingerprint density at radius 1 is 1.29 bits per heavy atom. The number of esters is 1. The Morgan fingerprint density at radius 2 is 2.00 bits per heavy atom. The molecule has 1 aromatic carbocycles. The molecule has 0 bridgehead atoms. The van der Waals surface area contributed by atoms with Gasteiger partial charge in [0, 0.05) is 24.4 Å². The Balaban J connectivity index is 1.58. The SMILES string of the molecule is COC(=O)c1cc(Cc2ccccc2)sc1NC(=S)NCCCn1nc(C(F)(F)F)c(Br)c1C. The summed E-state index contributed by atoms with van der Waals surface area (Å²) in [6, 6.07) is 11.6. The quantitative estimate of drug-likeness (QED) is 0.202. The van der Waals surface area contributed by atoms with Crippen LogP contribution in [0.5, 0.6) is 0 Å². The molecule has 6 nitrogen and oxygen atoms in total. The highest BCUT2D eigenvalue weighted by molar-refractivity contribution is 9.10. The Morgan fingerprint density at radius 3 is 2.62 bits per heavy atom. The highest BCUT2D eigenvalue weighted by atomic mass is 79.9. The molecule has 2 aromatic heterocycles. The number of thiocarbonyl (C=S) groups is 1. The number of benzene rings is 1. The maximum atomic E-state index is 13.0. The van der Waals surface area contributed by atoms with Gasteiger partial charge in [-0.15, -0.1) is 11.3 Å². The van der Waals surface area contributed by atoms with Crippen molar-refractivity contribution in [2.24, 2.45) is 0 Å². The molecular formula is C22H22BrF3N4O2S2. The van der Waals surface area contributed by atoms with Crippen molar-refractivity contribution in [3.05, 3.63) is 68.3 Å². The largest absolute Gasteiger partial charge is 0.465 e. The van der Waals surface area contributed by atoms with Gasteiger partial charge in [0.15, 0.2) is 10.8 Å². The predicted molar refractivity (Wildman–Crippen MR) is 133 cm³/mol. The van der Waals surface area contributed by atoms with E-state index in [-0.39, 0.29) is 11.0 Å². The van der Waals surface area contributed by atoms with Gasteiger partial charge in [-0.25, -0.2) is 4.79 Å². The lowest BCUT2D eigenvalue weighted by Crippen LogP contribution is -2.30. The summed E-state index contributed by atoms with van der Waals surface area (Å²) in [5.41, 5.74) is 0.968. The van der Waals surface area contributed by atoms with Crippen molar-refractivity contribution in [3.63, 3.8) is 0 Å². The molecule has 0 aliphatic heterocycles. The number of rotatable bonds is 8. The van der Waals surface area contributed by atoms with Crippen molar-refractivity contribution in [2.45, 2.75) is 32.5 Å². The van der Waals surface area contributed by atoms with E-state index in [0.717, 1.165) is 10.4 Å². The zero-order chi connectivity index (χ0) is 24.9. The van der Waals surface area contributed by atoms with Crippen molar-refractivity contribution >= 4 is 55.6 Å². The Kier molecular flexibility index (Phi) is 8.72. The highest BCUT2D eigenvalue weighted by Crippen LogP contribution is 2.35. The van der Waals surface area contributed by atoms with Gasteiger partial charge < -0.3 is 15.4 Å². The number of ether oxygens (including phenoxy) is 1. The zero-order valence-corrected chi connectivity index (χ0v) is 21.6. The summed E-state index contributed by atoms with van der Waals surface area (Å²) >= 11 is 9.71. The second-order valence-corrected chi connectivity index (χ2v) is 9.65. The number of nitrogens with one attached hydrogen (secondary N) is 2. The van der Waals surface area contributed by atoms with Crippen LogP contribution >= 0.6 is 39.5 Å². The van der Waals surface area contributed by atoms with Gasteiger partial charge in [-0.2, -0.15) is 18.3 Å². The van der Waals surface area contributed by atoms with Crippen LogP contribution in [-0.2, 0) is 23.9 Å². The molecule has 0 aliphatic carbocycles. The Bertz CT molecular complexity index is 1160. The lowest BCUT2D eigenvalue weighted by atomic mass is 10.1. The van der Waals surface area contributed by atoms with E-state index in [4.69, 9.17) is 17.0 Å². The number of aryl methyl sites for hydroxylation is 1. The van der Waals surface area contributed by atoms with Gasteiger partial charge >= 0.3 is 12.1 Å². The lowest BCUT2D eigenvalue weighted by Gasteiger charge is -2.11. The summed E-state index contributed by atoms with van der Waals surface area (Å²) in [5.74, 6) is -0.471. The Hall–Kier alpha value is -2.44. The molecule has 0 radical (unpaired) electrons. The van der Waals surface area contributed by atoms with Crippen LogP contribution in [-0.4, -0.2) is 34.5 Å². The topological polar surface area (TPSA) is 68.2 Å². The van der Waals surface area contributed by atoms with Gasteiger partial charge in [0.25, 0.3) is 0 Å². The first-order valence-corrected chi connectivity index (χ1v) is 12.2. The molecule has 0 aliphatic rings. The summed E-state index contributed by atoms with van der Waals surface area (Å²) in [6.07, 6.45) is -3.37. The van der Waals surface area contributed by atoms with E-state index < -0.39 is 17.8 Å². The van der Waals surface area contributed by atoms with E-state index in [2.05, 4.69) is 31.7 Å². The standard InChI is InChI=1S/C22H22BrF3N4O2S2/c1-13-17(23)18(22(24,25)26)29-30(13)10-6-9-27-21(33)28-19-16(20(31)32-2)12-15(34-19)11-14-7-4-3-5-8-14/h3-5,7-8,12H,6,9-11H2,1-2H3,(H2,27,28,33). The first kappa shape index (κ1) is 26.2. The van der Waals surface area contributed by atoms with Gasteiger partial charge in [0.1, 0.15) is 5.00 Å². The normalized spacial score (nSPS) is 11.4. The van der Waals surface area contributed by atoms with E-state index in [1.807, 2.05) is 30.3 Å². The van der Waals surface area contributed by atoms with Crippen molar-refractivity contribution in [2.75, 3.05) is 19.0 Å². The minimum absolute atomic E-state index is 0.0514. The molecule has 0 spiro atoms. The number of anilines is 1. The molecular weight excluding hydrogens is 553 g/mol. The summed E-state index contributed by atoms with van der Waals surface area (Å²) < 4.78 is 45.2. The molecule has 182 valence electrons. The van der Waals surface area contributed by atoms with Gasteiger partial charge in [0.2, 0.25) is 0 Å². The van der Waals surface area contributed by atoms with Crippen LogP contribution in [0.1, 0.15) is 38.6 Å². The molecule has 12 heteroatoms. The van der Waals surface area contributed by atoms with E-state index in [1.165, 1.54) is 23.1 Å². The van der Waals surface area contributed by atoms with E-state index >= 15 is 0 Å². The van der Waals surface area contributed by atoms with Gasteiger partial charge in [-0.05, 0) is 53.1 Å². The maximum absolute atomic E-state index is 13.0. The molecule has 2 heterocycles. The van der Waals surface area contributed by atoms with Crippen molar-refractivity contribution in [1.82, 2.24) is 15.1 Å². The van der Waals surface area contributed by atoms with Crippen LogP contribution in [0.3, 0.4) is 0 Å². The average molecular weight is 575 g/mol. The molecule has 2 N–H and O–H groups in total. The first-order chi connectivity index (χ1) is 16.1. The molecule has 0 unspecified atom stereocenters. The average Bonchev–Trinajstić information content (AvgIpc) is 3.31. The summed E-state index contributed by atoms with van der Waals surface area (Å²) in [5, 5.41) is 10.6. The maximum Gasteiger partial charge on any atom is 0.436 e. The van der Waals surface area contributed by atoms with Gasteiger partial charge in [-0.1, -0.05) is 30.3 Å². The summed E-state index contributed by atoms with van der Waals surface area (Å²) in [4.78, 5) is 13.2. The highest BCUT2D eigenvalue weighted by Gasteiger charge is 2.37. The summed E-state index contributed by atoms with van der Waals surface area (Å²) in [6.45, 7) is 2.26. The lowest BCUT2D eigenvalue weighted by molar-refractivity contribution is -0.142. The fourth-order valence-corrected chi connectivity index (χ4v) is 5.04. The number of carbonyl (C=O) groups excluding carboxylic acids is 1. The Labute approximate surface area is 212 Å². The zero-order valence-electron chi connectivity index (χ0n) is 18.3. The van der Waals surface area contributed by atoms with E-state index in [0.29, 0.717) is 40.8 Å². The van der Waals surface area contributed by atoms with Crippen LogP contribution in [0.4, 0.5) is 18.2 Å². The number of hydrogen-bond acceptors (Lipinski definition) is 5. The third-order valence-electron chi connectivity index (χ3n) is 4.87. The van der Waals surface area contributed by atoms with Crippen molar-refractivity contribution in [3.8, 4) is 0 Å². The fourth-order valence-electron chi connectivity index (χ4n) is 3.18.